The van der Waals surface area contributed by atoms with Crippen molar-refractivity contribution in [2.24, 2.45) is 4.99 Å². The van der Waals surface area contributed by atoms with Gasteiger partial charge < -0.3 is 28.8 Å². The number of nitrogens with zero attached hydrogens (tertiary/aromatic N) is 2. The fourth-order valence-corrected chi connectivity index (χ4v) is 5.21. The molecular formula is C24H23N3O5S. The molecule has 0 bridgehead atoms. The van der Waals surface area contributed by atoms with Crippen molar-refractivity contribution in [1.82, 2.24) is 4.57 Å². The summed E-state index contributed by atoms with van der Waals surface area (Å²) in [5.74, 6) is 2.00. The number of carbonyl (C=O) groups excluding carboxylic acids is 1. The smallest absolute Gasteiger partial charge is 0.262 e. The van der Waals surface area contributed by atoms with Gasteiger partial charge in [0.2, 0.25) is 0 Å². The summed E-state index contributed by atoms with van der Waals surface area (Å²) in [6.07, 6.45) is 2.25. The summed E-state index contributed by atoms with van der Waals surface area (Å²) in [5, 5.41) is 4.99. The Morgan fingerprint density at radius 3 is 2.79 bits per heavy atom. The van der Waals surface area contributed by atoms with E-state index in [1.807, 2.05) is 36.4 Å². The first-order valence-electron chi connectivity index (χ1n) is 11.0. The number of rotatable bonds is 4. The monoisotopic (exact) mass is 465 g/mol. The van der Waals surface area contributed by atoms with Gasteiger partial charge >= 0.3 is 0 Å². The molecule has 0 saturated carbocycles. The van der Waals surface area contributed by atoms with Crippen molar-refractivity contribution >= 4 is 28.6 Å². The SMILES string of the molecule is O=C1COc2ccc(-c3csc(=Nc4ccc5c(c4)OCCO5)n3C[C@@H]3CCCO3)cc2N1. The van der Waals surface area contributed by atoms with Gasteiger partial charge in [-0.3, -0.25) is 4.79 Å². The fraction of sp³-hybridized carbons (Fsp3) is 0.333. The number of thiazole rings is 1. The van der Waals surface area contributed by atoms with E-state index in [9.17, 15) is 4.79 Å². The minimum absolute atomic E-state index is 0.0440. The second-order valence-corrected chi connectivity index (χ2v) is 8.97. The number of anilines is 1. The third-order valence-electron chi connectivity index (χ3n) is 5.87. The highest BCUT2D eigenvalue weighted by Crippen LogP contribution is 2.35. The highest BCUT2D eigenvalue weighted by molar-refractivity contribution is 7.07. The lowest BCUT2D eigenvalue weighted by molar-refractivity contribution is -0.118. The van der Waals surface area contributed by atoms with Gasteiger partial charge in [-0.15, -0.1) is 11.3 Å². The molecule has 0 radical (unpaired) electrons. The first-order chi connectivity index (χ1) is 16.2. The molecule has 1 fully saturated rings. The number of ether oxygens (including phenoxy) is 4. The van der Waals surface area contributed by atoms with Crippen molar-refractivity contribution in [3.63, 3.8) is 0 Å². The molecule has 0 aliphatic carbocycles. The van der Waals surface area contributed by atoms with Crippen LogP contribution in [-0.2, 0) is 16.1 Å². The van der Waals surface area contributed by atoms with Crippen LogP contribution in [0.2, 0.25) is 0 Å². The van der Waals surface area contributed by atoms with E-state index in [1.54, 1.807) is 11.3 Å². The van der Waals surface area contributed by atoms with Gasteiger partial charge in [0.05, 0.1) is 29.7 Å². The van der Waals surface area contributed by atoms with Gasteiger partial charge in [0.15, 0.2) is 22.9 Å². The average Bonchev–Trinajstić information content (AvgIpc) is 3.49. The first-order valence-corrected chi connectivity index (χ1v) is 11.9. The van der Waals surface area contributed by atoms with E-state index in [0.717, 1.165) is 52.7 Å². The Bertz CT molecular complexity index is 1280. The molecule has 3 aliphatic heterocycles. The van der Waals surface area contributed by atoms with Crippen LogP contribution in [0.4, 0.5) is 11.4 Å². The summed E-state index contributed by atoms with van der Waals surface area (Å²) < 4.78 is 25.0. The fourth-order valence-electron chi connectivity index (χ4n) is 4.27. The molecule has 6 rings (SSSR count). The summed E-state index contributed by atoms with van der Waals surface area (Å²) in [5.41, 5.74) is 3.50. The Morgan fingerprint density at radius 1 is 1.03 bits per heavy atom. The van der Waals surface area contributed by atoms with Crippen molar-refractivity contribution in [2.45, 2.75) is 25.5 Å². The maximum atomic E-state index is 11.8. The van der Waals surface area contributed by atoms with E-state index < -0.39 is 0 Å². The van der Waals surface area contributed by atoms with Crippen LogP contribution in [0, 0.1) is 0 Å². The zero-order chi connectivity index (χ0) is 22.2. The third kappa shape index (κ3) is 4.09. The lowest BCUT2D eigenvalue weighted by Gasteiger charge is -2.19. The van der Waals surface area contributed by atoms with Crippen LogP contribution in [-0.4, -0.2) is 43.0 Å². The third-order valence-corrected chi connectivity index (χ3v) is 6.73. The lowest BCUT2D eigenvalue weighted by Crippen LogP contribution is -2.25. The molecule has 0 spiro atoms. The topological polar surface area (TPSA) is 83.3 Å². The molecule has 33 heavy (non-hydrogen) atoms. The number of fused-ring (bicyclic) bond motifs is 2. The van der Waals surface area contributed by atoms with Crippen LogP contribution in [0.5, 0.6) is 17.2 Å². The summed E-state index contributed by atoms with van der Waals surface area (Å²) in [4.78, 5) is 17.6. The van der Waals surface area contributed by atoms with Gasteiger partial charge in [-0.25, -0.2) is 4.99 Å². The zero-order valence-electron chi connectivity index (χ0n) is 17.9. The largest absolute Gasteiger partial charge is 0.486 e. The predicted octanol–water partition coefficient (Wildman–Crippen LogP) is 3.73. The van der Waals surface area contributed by atoms with Gasteiger partial charge in [0.25, 0.3) is 5.91 Å². The van der Waals surface area contributed by atoms with Crippen LogP contribution in [0.3, 0.4) is 0 Å². The number of nitrogens with one attached hydrogen (secondary N) is 1. The van der Waals surface area contributed by atoms with Crippen LogP contribution >= 0.6 is 11.3 Å². The second-order valence-electron chi connectivity index (χ2n) is 8.14. The molecule has 8 nitrogen and oxygen atoms in total. The van der Waals surface area contributed by atoms with Crippen LogP contribution in [0.1, 0.15) is 12.8 Å². The highest BCUT2D eigenvalue weighted by Gasteiger charge is 2.21. The Labute approximate surface area is 194 Å². The molecule has 3 aromatic rings. The summed E-state index contributed by atoms with van der Waals surface area (Å²) in [7, 11) is 0. The van der Waals surface area contributed by atoms with E-state index in [0.29, 0.717) is 31.2 Å². The number of aromatic nitrogens is 1. The number of carbonyl (C=O) groups is 1. The predicted molar refractivity (Wildman–Crippen MR) is 123 cm³/mol. The molecule has 1 N–H and O–H groups in total. The van der Waals surface area contributed by atoms with Crippen LogP contribution in [0.25, 0.3) is 11.3 Å². The van der Waals surface area contributed by atoms with E-state index in [1.165, 1.54) is 0 Å². The number of benzene rings is 2. The molecule has 170 valence electrons. The van der Waals surface area contributed by atoms with Crippen LogP contribution < -0.4 is 24.3 Å². The van der Waals surface area contributed by atoms with Crippen molar-refractivity contribution < 1.29 is 23.7 Å². The molecule has 4 heterocycles. The molecule has 0 unspecified atom stereocenters. The van der Waals surface area contributed by atoms with E-state index in [4.69, 9.17) is 23.9 Å². The minimum atomic E-state index is -0.147. The average molecular weight is 466 g/mol. The summed E-state index contributed by atoms with van der Waals surface area (Å²) >= 11 is 1.57. The molecule has 1 saturated heterocycles. The lowest BCUT2D eigenvalue weighted by atomic mass is 10.1. The van der Waals surface area contributed by atoms with E-state index in [2.05, 4.69) is 15.3 Å². The molecule has 9 heteroatoms. The Balaban J connectivity index is 1.41. The molecule has 1 aromatic heterocycles. The number of amides is 1. The molecule has 1 amide bonds. The van der Waals surface area contributed by atoms with Crippen LogP contribution in [0.15, 0.2) is 46.8 Å². The normalized spacial score (nSPS) is 19.7. The van der Waals surface area contributed by atoms with Crippen molar-refractivity contribution in [3.05, 3.63) is 46.6 Å². The number of hydrogen-bond acceptors (Lipinski definition) is 7. The maximum absolute atomic E-state index is 11.8. The van der Waals surface area contributed by atoms with Gasteiger partial charge in [-0.05, 0) is 43.2 Å². The quantitative estimate of drug-likeness (QED) is 0.635. The maximum Gasteiger partial charge on any atom is 0.262 e. The highest BCUT2D eigenvalue weighted by atomic mass is 32.1. The van der Waals surface area contributed by atoms with Gasteiger partial charge in [-0.2, -0.15) is 0 Å². The van der Waals surface area contributed by atoms with Crippen molar-refractivity contribution in [1.29, 1.82) is 0 Å². The van der Waals surface area contributed by atoms with Crippen molar-refractivity contribution in [2.75, 3.05) is 31.7 Å². The Hall–Kier alpha value is -3.30. The molecular weight excluding hydrogens is 442 g/mol. The minimum Gasteiger partial charge on any atom is -0.486 e. The molecule has 1 atom stereocenters. The van der Waals surface area contributed by atoms with E-state index in [-0.39, 0.29) is 18.6 Å². The van der Waals surface area contributed by atoms with Crippen molar-refractivity contribution in [3.8, 4) is 28.5 Å². The number of hydrogen-bond donors (Lipinski definition) is 1. The summed E-state index contributed by atoms with van der Waals surface area (Å²) in [6.45, 7) is 2.65. The zero-order valence-corrected chi connectivity index (χ0v) is 18.7. The summed E-state index contributed by atoms with van der Waals surface area (Å²) in [6, 6.07) is 11.6. The van der Waals surface area contributed by atoms with E-state index >= 15 is 0 Å². The first kappa shape index (κ1) is 20.3. The van der Waals surface area contributed by atoms with Gasteiger partial charge in [-0.1, -0.05) is 0 Å². The molecule has 2 aromatic carbocycles. The van der Waals surface area contributed by atoms with Gasteiger partial charge in [0, 0.05) is 23.6 Å². The van der Waals surface area contributed by atoms with Gasteiger partial charge in [0.1, 0.15) is 19.0 Å². The second kappa shape index (κ2) is 8.57. The molecule has 3 aliphatic rings. The standard InChI is InChI=1S/C24H23N3O5S/c28-23-13-32-20-5-3-15(10-18(20)26-23)19-14-33-24(27(19)12-17-2-1-7-29-17)25-16-4-6-21-22(11-16)31-9-8-30-21/h3-6,10-11,14,17H,1-2,7-9,12-13H2,(H,26,28)/t17-/m0/s1. The Kier molecular flexibility index (Phi) is 5.27. The Morgan fingerprint density at radius 2 is 1.91 bits per heavy atom.